The molecular weight excluding hydrogens is 234 g/mol. The highest BCUT2D eigenvalue weighted by Crippen LogP contribution is 2.02. The Bertz CT molecular complexity index is 476. The maximum atomic E-state index is 11.3. The summed E-state index contributed by atoms with van der Waals surface area (Å²) in [5, 5.41) is 22.0. The van der Waals surface area contributed by atoms with Crippen LogP contribution in [0.2, 0.25) is 0 Å². The van der Waals surface area contributed by atoms with Crippen molar-refractivity contribution in [3.63, 3.8) is 0 Å². The van der Waals surface area contributed by atoms with Gasteiger partial charge in [0.15, 0.2) is 0 Å². The van der Waals surface area contributed by atoms with E-state index in [0.29, 0.717) is 5.56 Å². The van der Waals surface area contributed by atoms with Crippen molar-refractivity contribution in [1.82, 2.24) is 10.6 Å². The van der Waals surface area contributed by atoms with Crippen LogP contribution in [0.4, 0.5) is 4.79 Å². The lowest BCUT2D eigenvalue weighted by molar-refractivity contribution is -0.138. The molecule has 6 heteroatoms. The summed E-state index contributed by atoms with van der Waals surface area (Å²) in [4.78, 5) is 21.8. The standard InChI is InChI=1S/C12H13N3O3/c1-8(11(16)17)15-12(18)14-7-10-4-2-9(6-13)3-5-10/h2-5,8H,7H2,1H3,(H,16,17)(H2,14,15,18). The van der Waals surface area contributed by atoms with Crippen molar-refractivity contribution in [3.05, 3.63) is 35.4 Å². The molecule has 0 saturated carbocycles. The topological polar surface area (TPSA) is 102 Å². The quantitative estimate of drug-likeness (QED) is 0.733. The summed E-state index contributed by atoms with van der Waals surface area (Å²) in [5.74, 6) is -1.09. The second-order valence-electron chi connectivity index (χ2n) is 3.70. The zero-order chi connectivity index (χ0) is 13.5. The Kier molecular flexibility index (Phi) is 4.69. The first-order valence-corrected chi connectivity index (χ1v) is 5.29. The number of benzene rings is 1. The Balaban J connectivity index is 2.43. The number of nitrogens with zero attached hydrogens (tertiary/aromatic N) is 1. The van der Waals surface area contributed by atoms with Gasteiger partial charge in [-0.3, -0.25) is 4.79 Å². The van der Waals surface area contributed by atoms with Gasteiger partial charge in [0.05, 0.1) is 11.6 Å². The fourth-order valence-corrected chi connectivity index (χ4v) is 1.19. The molecule has 0 bridgehead atoms. The van der Waals surface area contributed by atoms with Gasteiger partial charge in [-0.05, 0) is 24.6 Å². The van der Waals surface area contributed by atoms with Crippen molar-refractivity contribution >= 4 is 12.0 Å². The maximum Gasteiger partial charge on any atom is 0.325 e. The van der Waals surface area contributed by atoms with Gasteiger partial charge in [-0.2, -0.15) is 5.26 Å². The second-order valence-corrected chi connectivity index (χ2v) is 3.70. The molecule has 2 amide bonds. The van der Waals surface area contributed by atoms with E-state index in [-0.39, 0.29) is 6.54 Å². The molecule has 94 valence electrons. The van der Waals surface area contributed by atoms with Gasteiger partial charge in [-0.25, -0.2) is 4.79 Å². The first kappa shape index (κ1) is 13.5. The molecule has 1 rings (SSSR count). The summed E-state index contributed by atoms with van der Waals surface area (Å²) in [6.07, 6.45) is 0. The molecule has 0 aliphatic rings. The molecule has 6 nitrogen and oxygen atoms in total. The average molecular weight is 247 g/mol. The molecule has 0 aliphatic carbocycles. The van der Waals surface area contributed by atoms with E-state index in [1.807, 2.05) is 6.07 Å². The van der Waals surface area contributed by atoms with Crippen LogP contribution in [0.3, 0.4) is 0 Å². The highest BCUT2D eigenvalue weighted by molar-refractivity contribution is 5.82. The molecule has 18 heavy (non-hydrogen) atoms. The van der Waals surface area contributed by atoms with Gasteiger partial charge < -0.3 is 15.7 Å². The van der Waals surface area contributed by atoms with E-state index >= 15 is 0 Å². The summed E-state index contributed by atoms with van der Waals surface area (Å²) < 4.78 is 0. The Labute approximate surface area is 104 Å². The van der Waals surface area contributed by atoms with Gasteiger partial charge in [-0.1, -0.05) is 12.1 Å². The van der Waals surface area contributed by atoms with E-state index in [1.54, 1.807) is 24.3 Å². The molecule has 1 aromatic rings. The second kappa shape index (κ2) is 6.25. The van der Waals surface area contributed by atoms with Crippen LogP contribution < -0.4 is 10.6 Å². The van der Waals surface area contributed by atoms with E-state index in [0.717, 1.165) is 5.56 Å². The van der Waals surface area contributed by atoms with Crippen LogP contribution in [-0.4, -0.2) is 23.1 Å². The van der Waals surface area contributed by atoms with E-state index in [4.69, 9.17) is 10.4 Å². The molecule has 0 saturated heterocycles. The maximum absolute atomic E-state index is 11.3. The average Bonchev–Trinajstić information content (AvgIpc) is 2.36. The van der Waals surface area contributed by atoms with Gasteiger partial charge in [0.2, 0.25) is 0 Å². The molecule has 0 radical (unpaired) electrons. The molecule has 0 fully saturated rings. The van der Waals surface area contributed by atoms with Gasteiger partial charge in [0.1, 0.15) is 6.04 Å². The minimum Gasteiger partial charge on any atom is -0.480 e. The molecule has 0 aromatic heterocycles. The zero-order valence-corrected chi connectivity index (χ0v) is 9.80. The number of amides is 2. The monoisotopic (exact) mass is 247 g/mol. The van der Waals surface area contributed by atoms with Crippen LogP contribution in [0, 0.1) is 11.3 Å². The highest BCUT2D eigenvalue weighted by atomic mass is 16.4. The van der Waals surface area contributed by atoms with Crippen molar-refractivity contribution in [1.29, 1.82) is 5.26 Å². The number of carboxylic acid groups (broad SMARTS) is 1. The Morgan fingerprint density at radius 3 is 2.50 bits per heavy atom. The fourth-order valence-electron chi connectivity index (χ4n) is 1.19. The molecule has 0 aliphatic heterocycles. The zero-order valence-electron chi connectivity index (χ0n) is 9.80. The van der Waals surface area contributed by atoms with Gasteiger partial charge in [0, 0.05) is 6.54 Å². The van der Waals surface area contributed by atoms with Crippen molar-refractivity contribution < 1.29 is 14.7 Å². The van der Waals surface area contributed by atoms with E-state index < -0.39 is 18.0 Å². The van der Waals surface area contributed by atoms with Crippen LogP contribution in [0.5, 0.6) is 0 Å². The largest absolute Gasteiger partial charge is 0.480 e. The number of carbonyl (C=O) groups excluding carboxylic acids is 1. The van der Waals surface area contributed by atoms with Gasteiger partial charge in [-0.15, -0.1) is 0 Å². The first-order chi connectivity index (χ1) is 8.52. The van der Waals surface area contributed by atoms with E-state index in [1.165, 1.54) is 6.92 Å². The van der Waals surface area contributed by atoms with Gasteiger partial charge in [0.25, 0.3) is 0 Å². The number of urea groups is 1. The number of aliphatic carboxylic acids is 1. The third-order valence-corrected chi connectivity index (χ3v) is 2.25. The third-order valence-electron chi connectivity index (χ3n) is 2.25. The van der Waals surface area contributed by atoms with Crippen LogP contribution in [0.1, 0.15) is 18.1 Å². The summed E-state index contributed by atoms with van der Waals surface area (Å²) in [6.45, 7) is 1.65. The lowest BCUT2D eigenvalue weighted by Crippen LogP contribution is -2.44. The number of nitriles is 1. The Morgan fingerprint density at radius 1 is 1.39 bits per heavy atom. The van der Waals surface area contributed by atoms with Crippen molar-refractivity contribution in [2.75, 3.05) is 0 Å². The van der Waals surface area contributed by atoms with Crippen LogP contribution in [-0.2, 0) is 11.3 Å². The SMILES string of the molecule is CC(NC(=O)NCc1ccc(C#N)cc1)C(=O)O. The number of hydrogen-bond donors (Lipinski definition) is 3. The van der Waals surface area contributed by atoms with Crippen LogP contribution in [0.25, 0.3) is 0 Å². The number of carbonyl (C=O) groups is 2. The van der Waals surface area contributed by atoms with Crippen LogP contribution >= 0.6 is 0 Å². The molecule has 0 spiro atoms. The highest BCUT2D eigenvalue weighted by Gasteiger charge is 2.13. The lowest BCUT2D eigenvalue weighted by Gasteiger charge is -2.10. The van der Waals surface area contributed by atoms with Crippen molar-refractivity contribution in [2.45, 2.75) is 19.5 Å². The molecule has 1 unspecified atom stereocenters. The molecule has 0 heterocycles. The lowest BCUT2D eigenvalue weighted by atomic mass is 10.1. The van der Waals surface area contributed by atoms with Crippen LogP contribution in [0.15, 0.2) is 24.3 Å². The number of hydrogen-bond acceptors (Lipinski definition) is 3. The summed E-state index contributed by atoms with van der Waals surface area (Å²) in [5.41, 5.74) is 1.37. The Morgan fingerprint density at radius 2 is 2.00 bits per heavy atom. The number of nitrogens with one attached hydrogen (secondary N) is 2. The predicted molar refractivity (Wildman–Crippen MR) is 63.6 cm³/mol. The van der Waals surface area contributed by atoms with E-state index in [2.05, 4.69) is 10.6 Å². The molecular formula is C12H13N3O3. The summed E-state index contributed by atoms with van der Waals surface area (Å²) in [6, 6.07) is 7.25. The van der Waals surface area contributed by atoms with E-state index in [9.17, 15) is 9.59 Å². The fraction of sp³-hybridized carbons (Fsp3) is 0.250. The molecule has 1 atom stereocenters. The van der Waals surface area contributed by atoms with Crippen molar-refractivity contribution in [3.8, 4) is 6.07 Å². The predicted octanol–water partition coefficient (Wildman–Crippen LogP) is 0.831. The summed E-state index contributed by atoms with van der Waals surface area (Å²) >= 11 is 0. The number of carboxylic acids is 1. The molecule has 3 N–H and O–H groups in total. The van der Waals surface area contributed by atoms with Crippen molar-refractivity contribution in [2.24, 2.45) is 0 Å². The number of rotatable bonds is 4. The molecule has 1 aromatic carbocycles. The van der Waals surface area contributed by atoms with Gasteiger partial charge >= 0.3 is 12.0 Å². The normalized spacial score (nSPS) is 11.1. The third kappa shape index (κ3) is 4.14. The Hall–Kier alpha value is -2.55. The summed E-state index contributed by atoms with van der Waals surface area (Å²) in [7, 11) is 0. The minimum atomic E-state index is -1.09. The minimum absolute atomic E-state index is 0.268. The smallest absolute Gasteiger partial charge is 0.325 e. The first-order valence-electron chi connectivity index (χ1n) is 5.29.